The highest BCUT2D eigenvalue weighted by atomic mass is 35.5. The molecule has 2 heterocycles. The molecule has 0 saturated heterocycles. The van der Waals surface area contributed by atoms with Crippen molar-refractivity contribution in [2.24, 2.45) is 0 Å². The summed E-state index contributed by atoms with van der Waals surface area (Å²) in [4.78, 5) is 13.1. The van der Waals surface area contributed by atoms with Crippen LogP contribution in [-0.2, 0) is 6.54 Å². The van der Waals surface area contributed by atoms with Crippen molar-refractivity contribution in [1.82, 2.24) is 19.2 Å². The monoisotopic (exact) mass is 382 g/mol. The molecule has 0 N–H and O–H groups in total. The Balaban J connectivity index is 1.97. The Hall–Kier alpha value is -2.57. The van der Waals surface area contributed by atoms with E-state index in [1.165, 1.54) is 11.8 Å². The second kappa shape index (κ2) is 6.97. The van der Waals surface area contributed by atoms with Gasteiger partial charge in [-0.2, -0.15) is 0 Å². The minimum Gasteiger partial charge on any atom is -0.272 e. The number of hydrogen-bond acceptors (Lipinski definition) is 4. The minimum atomic E-state index is -0.0809. The van der Waals surface area contributed by atoms with Crippen molar-refractivity contribution in [1.29, 1.82) is 0 Å². The maximum atomic E-state index is 13.1. The molecule has 0 unspecified atom stereocenters. The third-order valence-electron chi connectivity index (χ3n) is 4.02. The number of thioether (sulfide) groups is 1. The van der Waals surface area contributed by atoms with Gasteiger partial charge in [0.05, 0.1) is 17.4 Å². The van der Waals surface area contributed by atoms with Gasteiger partial charge in [0.2, 0.25) is 5.78 Å². The number of halogens is 1. The fourth-order valence-corrected chi connectivity index (χ4v) is 3.74. The van der Waals surface area contributed by atoms with E-state index in [-0.39, 0.29) is 5.56 Å². The van der Waals surface area contributed by atoms with Crippen LogP contribution in [0.3, 0.4) is 0 Å². The number of hydrogen-bond donors (Lipinski definition) is 0. The Morgan fingerprint density at radius 1 is 1.08 bits per heavy atom. The average molecular weight is 383 g/mol. The molecule has 0 radical (unpaired) electrons. The third kappa shape index (κ3) is 3.02. The molecule has 4 aromatic rings. The summed E-state index contributed by atoms with van der Waals surface area (Å²) < 4.78 is 3.56. The maximum Gasteiger partial charge on any atom is 0.263 e. The van der Waals surface area contributed by atoms with Crippen molar-refractivity contribution in [3.8, 4) is 0 Å². The van der Waals surface area contributed by atoms with Gasteiger partial charge in [-0.05, 0) is 17.7 Å². The predicted octanol–water partition coefficient (Wildman–Crippen LogP) is 3.94. The van der Waals surface area contributed by atoms with Crippen LogP contribution in [0.15, 0.2) is 76.2 Å². The minimum absolute atomic E-state index is 0.0809. The molecule has 0 fully saturated rings. The van der Waals surface area contributed by atoms with E-state index in [1.54, 1.807) is 4.57 Å². The first-order valence-corrected chi connectivity index (χ1v) is 9.38. The first-order valence-electron chi connectivity index (χ1n) is 8.02. The van der Waals surface area contributed by atoms with Crippen LogP contribution >= 0.6 is 23.4 Å². The van der Waals surface area contributed by atoms with Crippen molar-refractivity contribution >= 4 is 40.0 Å². The summed E-state index contributed by atoms with van der Waals surface area (Å²) in [6.45, 7) is 4.15. The molecule has 7 heteroatoms. The van der Waals surface area contributed by atoms with Crippen molar-refractivity contribution in [3.05, 3.63) is 82.1 Å². The van der Waals surface area contributed by atoms with E-state index in [1.807, 2.05) is 59.0 Å². The fourth-order valence-electron chi connectivity index (χ4n) is 2.88. The molecule has 130 valence electrons. The highest BCUT2D eigenvalue weighted by molar-refractivity contribution is 7.99. The van der Waals surface area contributed by atoms with Gasteiger partial charge in [0.15, 0.2) is 5.16 Å². The number of fused-ring (bicyclic) bond motifs is 3. The summed E-state index contributed by atoms with van der Waals surface area (Å²) in [5.74, 6) is 1.04. The summed E-state index contributed by atoms with van der Waals surface area (Å²) in [6, 6.07) is 17.3. The van der Waals surface area contributed by atoms with E-state index in [0.29, 0.717) is 33.7 Å². The normalized spacial score (nSPS) is 11.3. The second-order valence-corrected chi connectivity index (χ2v) is 7.29. The zero-order chi connectivity index (χ0) is 18.1. The Labute approximate surface area is 158 Å². The number of aromatic nitrogens is 4. The van der Waals surface area contributed by atoms with Gasteiger partial charge in [0.25, 0.3) is 5.56 Å². The largest absolute Gasteiger partial charge is 0.272 e. The lowest BCUT2D eigenvalue weighted by atomic mass is 10.2. The molecule has 4 rings (SSSR count). The Morgan fingerprint density at radius 3 is 2.58 bits per heavy atom. The first-order chi connectivity index (χ1) is 12.6. The van der Waals surface area contributed by atoms with Crippen molar-refractivity contribution in [2.45, 2.75) is 11.7 Å². The number of rotatable bonds is 5. The van der Waals surface area contributed by atoms with Gasteiger partial charge in [0.1, 0.15) is 0 Å². The Kier molecular flexibility index (Phi) is 4.53. The van der Waals surface area contributed by atoms with E-state index >= 15 is 0 Å². The quantitative estimate of drug-likeness (QED) is 0.490. The number of nitrogens with zero attached hydrogens (tertiary/aromatic N) is 4. The van der Waals surface area contributed by atoms with E-state index in [4.69, 9.17) is 11.6 Å². The summed E-state index contributed by atoms with van der Waals surface area (Å²) in [5.41, 5.74) is 1.73. The van der Waals surface area contributed by atoms with Crippen molar-refractivity contribution in [3.63, 3.8) is 0 Å². The third-order valence-corrected chi connectivity index (χ3v) is 5.33. The highest BCUT2D eigenvalue weighted by Gasteiger charge is 2.16. The molecule has 5 nitrogen and oxygen atoms in total. The molecule has 26 heavy (non-hydrogen) atoms. The van der Waals surface area contributed by atoms with Crippen LogP contribution in [0.25, 0.3) is 16.7 Å². The number of para-hydroxylation sites is 1. The zero-order valence-electron chi connectivity index (χ0n) is 13.8. The summed E-state index contributed by atoms with van der Waals surface area (Å²) in [6.07, 6.45) is 0. The predicted molar refractivity (Wildman–Crippen MR) is 106 cm³/mol. The molecule has 0 bridgehead atoms. The molecular weight excluding hydrogens is 368 g/mol. The van der Waals surface area contributed by atoms with E-state index in [2.05, 4.69) is 16.8 Å². The smallest absolute Gasteiger partial charge is 0.263 e. The van der Waals surface area contributed by atoms with Crippen molar-refractivity contribution in [2.75, 3.05) is 5.75 Å². The molecule has 2 aromatic heterocycles. The average Bonchev–Trinajstić information content (AvgIpc) is 3.08. The second-order valence-electron chi connectivity index (χ2n) is 5.82. The van der Waals surface area contributed by atoms with Crippen molar-refractivity contribution < 1.29 is 0 Å². The summed E-state index contributed by atoms with van der Waals surface area (Å²) >= 11 is 7.34. The standard InChI is InChI=1S/C19H15ClN4OS/c1-13(20)12-26-19-22-21-18-23(11-14-7-3-2-4-8-14)17(25)15-9-5-6-10-16(15)24(18)19/h2-10H,1,11-12H2. The molecule has 0 aliphatic rings. The Morgan fingerprint density at radius 2 is 1.81 bits per heavy atom. The molecule has 0 saturated carbocycles. The van der Waals surface area contributed by atoms with Gasteiger partial charge < -0.3 is 0 Å². The highest BCUT2D eigenvalue weighted by Crippen LogP contribution is 2.23. The molecule has 0 aliphatic heterocycles. The van der Waals surface area contributed by atoms with Gasteiger partial charge in [-0.1, -0.05) is 72.4 Å². The van der Waals surface area contributed by atoms with Gasteiger partial charge in [-0.15, -0.1) is 10.2 Å². The van der Waals surface area contributed by atoms with Crippen LogP contribution in [0, 0.1) is 0 Å². The molecule has 0 amide bonds. The van der Waals surface area contributed by atoms with Gasteiger partial charge >= 0.3 is 0 Å². The SMILES string of the molecule is C=C(Cl)CSc1nnc2n(Cc3ccccc3)c(=O)c3ccccc3n12. The van der Waals surface area contributed by atoms with Crippen LogP contribution in [0.2, 0.25) is 0 Å². The lowest BCUT2D eigenvalue weighted by molar-refractivity contribution is 0.764. The molecule has 0 spiro atoms. The van der Waals surface area contributed by atoms with Crippen LogP contribution < -0.4 is 5.56 Å². The lowest BCUT2D eigenvalue weighted by Gasteiger charge is -2.11. The van der Waals surface area contributed by atoms with Crippen LogP contribution in [0.4, 0.5) is 0 Å². The zero-order valence-corrected chi connectivity index (χ0v) is 15.4. The molecule has 0 atom stereocenters. The van der Waals surface area contributed by atoms with E-state index in [9.17, 15) is 4.79 Å². The Bertz CT molecular complexity index is 1170. The van der Waals surface area contributed by atoms with Gasteiger partial charge in [-0.25, -0.2) is 0 Å². The molecule has 0 aliphatic carbocycles. The summed E-state index contributed by atoms with van der Waals surface area (Å²) in [7, 11) is 0. The fraction of sp³-hybridized carbons (Fsp3) is 0.105. The molecule has 2 aromatic carbocycles. The number of benzene rings is 2. The molecular formula is C19H15ClN4OS. The van der Waals surface area contributed by atoms with E-state index < -0.39 is 0 Å². The van der Waals surface area contributed by atoms with Gasteiger partial charge in [0, 0.05) is 10.8 Å². The topological polar surface area (TPSA) is 52.2 Å². The van der Waals surface area contributed by atoms with Crippen LogP contribution in [0.1, 0.15) is 5.56 Å². The first kappa shape index (κ1) is 16.9. The van der Waals surface area contributed by atoms with Crippen LogP contribution in [0.5, 0.6) is 0 Å². The van der Waals surface area contributed by atoms with E-state index in [0.717, 1.165) is 11.1 Å². The lowest BCUT2D eigenvalue weighted by Crippen LogP contribution is -2.24. The summed E-state index contributed by atoms with van der Waals surface area (Å²) in [5, 5.41) is 10.4. The van der Waals surface area contributed by atoms with Crippen LogP contribution in [-0.4, -0.2) is 24.9 Å². The maximum absolute atomic E-state index is 13.1. The van der Waals surface area contributed by atoms with Gasteiger partial charge in [-0.3, -0.25) is 13.8 Å².